The second-order valence-electron chi connectivity index (χ2n) is 17.5. The molecule has 22 nitrogen and oxygen atoms in total. The number of rotatable bonds is 22. The first-order valence-electron chi connectivity index (χ1n) is 23.2. The Balaban J connectivity index is 0.884. The number of anilines is 2. The number of unbranched alkanes of at least 4 members (excludes halogenated alkanes) is 1. The van der Waals surface area contributed by atoms with Gasteiger partial charge in [-0.1, -0.05) is 24.3 Å². The largest absolute Gasteiger partial charge is 0.480 e. The van der Waals surface area contributed by atoms with Crippen LogP contribution in [0.25, 0.3) is 21.8 Å². The number of pyridine rings is 2. The number of alkyl halides is 4. The summed E-state index contributed by atoms with van der Waals surface area (Å²) in [7, 11) is 0. The maximum Gasteiger partial charge on any atom is 0.326 e. The fraction of sp³-hybridized carbons (Fsp3) is 0.417. The first kappa shape index (κ1) is 54.8. The Morgan fingerprint density at radius 2 is 1.19 bits per heavy atom. The number of halogens is 4. The van der Waals surface area contributed by atoms with E-state index in [9.17, 15) is 76.7 Å². The maximum absolute atomic E-state index is 13.8. The summed E-state index contributed by atoms with van der Waals surface area (Å²) in [6.07, 6.45) is -0.678. The predicted octanol–water partition coefficient (Wildman–Crippen LogP) is 2.55. The number of aliphatic hydroxyl groups excluding tert-OH is 1. The molecule has 0 bridgehead atoms. The molecule has 2 aliphatic rings. The molecule has 2 fully saturated rings. The number of aliphatic hydroxyl groups is 1. The molecule has 6 rings (SSSR count). The molecule has 74 heavy (non-hydrogen) atoms. The number of carboxylic acid groups (broad SMARTS) is 1. The maximum atomic E-state index is 13.8. The summed E-state index contributed by atoms with van der Waals surface area (Å²) in [6.45, 7) is -3.04. The van der Waals surface area contributed by atoms with Crippen molar-refractivity contribution in [3.8, 4) is 12.1 Å². The lowest BCUT2D eigenvalue weighted by molar-refractivity contribution is -0.142. The molecule has 4 aromatic rings. The summed E-state index contributed by atoms with van der Waals surface area (Å²) in [6, 6.07) is 11.4. The number of likely N-dealkylation sites (tertiary alicyclic amines) is 2. The molecule has 3 unspecified atom stereocenters. The number of para-hydroxylation sites is 2. The number of aliphatic carboxylic acids is 1. The zero-order valence-corrected chi connectivity index (χ0v) is 39.3. The van der Waals surface area contributed by atoms with Gasteiger partial charge in [0.1, 0.15) is 24.4 Å². The van der Waals surface area contributed by atoms with Crippen molar-refractivity contribution >= 4 is 80.5 Å². The van der Waals surface area contributed by atoms with Crippen molar-refractivity contribution in [1.82, 2.24) is 41.0 Å². The third-order valence-electron chi connectivity index (χ3n) is 12.0. The Morgan fingerprint density at radius 3 is 1.72 bits per heavy atom. The van der Waals surface area contributed by atoms with E-state index in [1.54, 1.807) is 36.4 Å². The number of hydrogen-bond acceptors (Lipinski definition) is 14. The highest BCUT2D eigenvalue weighted by atomic mass is 19.3. The molecule has 0 saturated carbocycles. The van der Waals surface area contributed by atoms with Crippen molar-refractivity contribution in [2.45, 2.75) is 94.0 Å². The minimum Gasteiger partial charge on any atom is -0.480 e. The van der Waals surface area contributed by atoms with E-state index in [4.69, 9.17) is 0 Å². The average Bonchev–Trinajstić information content (AvgIpc) is 3.88. The van der Waals surface area contributed by atoms with Gasteiger partial charge in [-0.2, -0.15) is 10.5 Å². The van der Waals surface area contributed by atoms with Crippen LogP contribution in [0.5, 0.6) is 0 Å². The van der Waals surface area contributed by atoms with Gasteiger partial charge in [-0.25, -0.2) is 22.4 Å². The molecular formula is C48H50F4N12O10. The lowest BCUT2D eigenvalue weighted by Crippen LogP contribution is -2.43. The van der Waals surface area contributed by atoms with E-state index < -0.39 is 123 Å². The van der Waals surface area contributed by atoms with Gasteiger partial charge in [0, 0.05) is 68.2 Å². The van der Waals surface area contributed by atoms with Crippen molar-refractivity contribution in [2.75, 3.05) is 43.4 Å². The van der Waals surface area contributed by atoms with Crippen LogP contribution >= 0.6 is 0 Å². The fourth-order valence-corrected chi connectivity index (χ4v) is 8.33. The molecule has 26 heteroatoms. The molecular weight excluding hydrogens is 981 g/mol. The molecule has 0 aliphatic carbocycles. The molecule has 4 atom stereocenters. The van der Waals surface area contributed by atoms with E-state index >= 15 is 0 Å². The van der Waals surface area contributed by atoms with Crippen molar-refractivity contribution in [1.29, 1.82) is 10.5 Å². The topological polar surface area (TPSA) is 329 Å². The Labute approximate surface area is 418 Å². The van der Waals surface area contributed by atoms with Crippen molar-refractivity contribution in [3.05, 3.63) is 72.1 Å². The number of aromatic nitrogens is 2. The van der Waals surface area contributed by atoms with Crippen molar-refractivity contribution < 1.29 is 66.1 Å². The van der Waals surface area contributed by atoms with Crippen molar-refractivity contribution in [2.24, 2.45) is 0 Å². The number of amides is 7. The quantitative estimate of drug-likeness (QED) is 0.0319. The number of hydrogen-bond donors (Lipinski definition) is 8. The van der Waals surface area contributed by atoms with Crippen LogP contribution in [0.4, 0.5) is 28.9 Å². The van der Waals surface area contributed by atoms with E-state index in [1.165, 1.54) is 36.7 Å². The average molecular weight is 1030 g/mol. The summed E-state index contributed by atoms with van der Waals surface area (Å²) in [5.74, 6) is -12.6. The third kappa shape index (κ3) is 14.3. The zero-order valence-electron chi connectivity index (χ0n) is 39.3. The number of benzene rings is 2. The molecule has 0 radical (unpaired) electrons. The zero-order chi connectivity index (χ0) is 53.7. The molecule has 0 spiro atoms. The standard InChI is InChI=1S/C48H50F4N12O10/c49-47(50)19-27(21-53)63(25-47)40(69)23-58-44(71)31-14-17-56-42-29(31)5-3-8-33(42)60-37(66)11-10-36(65)55-16-2-1-7-35(46(73)74)62-39(68)13-12-38(67)61-34-9-4-6-30-32(15-18-57-43(30)34)45(72)59-24-41(70)64-26-48(51,52)20-28(64)22-54/h3-6,8-9,14-15,17-18,27-28,35,38,61,67H,1-2,7,10-13,16,19-20,23-26H2,(H,55,65)(H,58,71)(H,59,72)(H,60,66)(H,62,68)(H,73,74)/t27-,28?,35?,38?/m0/s1. The van der Waals surface area contributed by atoms with Gasteiger partial charge in [-0.15, -0.1) is 0 Å². The minimum atomic E-state index is -3.23. The molecule has 7 amide bonds. The number of nitrogens with one attached hydrogen (secondary N) is 6. The van der Waals surface area contributed by atoms with Crippen LogP contribution in [0.1, 0.15) is 78.5 Å². The first-order chi connectivity index (χ1) is 35.2. The SMILES string of the molecule is N#CC1CC(F)(F)CN1C(=O)CNC(=O)c1ccnc2c(NC(O)CCC(=O)NC(CCCCNC(=O)CCC(=O)Nc3cccc4c(C(=O)NCC(=O)N5CC(F)(F)C[C@H]5C#N)ccnc34)C(=O)O)cccc12. The van der Waals surface area contributed by atoms with Crippen LogP contribution in [0.2, 0.25) is 0 Å². The molecule has 2 aromatic carbocycles. The number of nitriles is 2. The van der Waals surface area contributed by atoms with Crippen LogP contribution in [0.3, 0.4) is 0 Å². The van der Waals surface area contributed by atoms with Crippen molar-refractivity contribution in [3.63, 3.8) is 0 Å². The van der Waals surface area contributed by atoms with Crippen LogP contribution in [-0.4, -0.2) is 146 Å². The van der Waals surface area contributed by atoms with Gasteiger partial charge in [-0.05, 0) is 43.5 Å². The number of carboxylic acids is 1. The van der Waals surface area contributed by atoms with Gasteiger partial charge in [0.25, 0.3) is 23.7 Å². The summed E-state index contributed by atoms with van der Waals surface area (Å²) < 4.78 is 55.3. The molecule has 390 valence electrons. The highest BCUT2D eigenvalue weighted by Crippen LogP contribution is 2.33. The highest BCUT2D eigenvalue weighted by molar-refractivity contribution is 6.11. The number of carbonyl (C=O) groups excluding carboxylic acids is 7. The number of carbonyl (C=O) groups is 8. The van der Waals surface area contributed by atoms with Crippen LogP contribution in [0, 0.1) is 22.7 Å². The minimum absolute atomic E-state index is 0.00388. The van der Waals surface area contributed by atoms with E-state index in [1.807, 2.05) is 0 Å². The molecule has 2 saturated heterocycles. The van der Waals surface area contributed by atoms with Gasteiger partial charge in [0.2, 0.25) is 29.5 Å². The lowest BCUT2D eigenvalue weighted by atomic mass is 10.1. The Morgan fingerprint density at radius 1 is 0.676 bits per heavy atom. The fourth-order valence-electron chi connectivity index (χ4n) is 8.33. The second-order valence-corrected chi connectivity index (χ2v) is 17.5. The Hall–Kier alpha value is -8.52. The molecule has 8 N–H and O–H groups in total. The molecule has 4 heterocycles. The van der Waals surface area contributed by atoms with Gasteiger partial charge >= 0.3 is 5.97 Å². The summed E-state index contributed by atoms with van der Waals surface area (Å²) in [4.78, 5) is 111. The van der Waals surface area contributed by atoms with E-state index in [0.29, 0.717) is 17.2 Å². The second kappa shape index (κ2) is 24.3. The van der Waals surface area contributed by atoms with E-state index in [2.05, 4.69) is 41.9 Å². The Bertz CT molecular complexity index is 2910. The monoisotopic (exact) mass is 1030 g/mol. The van der Waals surface area contributed by atoms with Crippen LogP contribution < -0.4 is 31.9 Å². The Kier molecular flexibility index (Phi) is 18.0. The number of nitrogens with zero attached hydrogens (tertiary/aromatic N) is 6. The first-order valence-corrected chi connectivity index (χ1v) is 23.2. The van der Waals surface area contributed by atoms with E-state index in [0.717, 1.165) is 9.80 Å². The van der Waals surface area contributed by atoms with Crippen LogP contribution in [0.15, 0.2) is 60.9 Å². The van der Waals surface area contributed by atoms with Gasteiger partial charge in [0.15, 0.2) is 0 Å². The highest BCUT2D eigenvalue weighted by Gasteiger charge is 2.48. The predicted molar refractivity (Wildman–Crippen MR) is 253 cm³/mol. The van der Waals surface area contributed by atoms with Gasteiger partial charge in [-0.3, -0.25) is 43.5 Å². The van der Waals surface area contributed by atoms with Crippen LogP contribution in [-0.2, 0) is 28.8 Å². The lowest BCUT2D eigenvalue weighted by Gasteiger charge is -2.19. The smallest absolute Gasteiger partial charge is 0.326 e. The number of fused-ring (bicyclic) bond motifs is 2. The van der Waals surface area contributed by atoms with E-state index in [-0.39, 0.29) is 78.6 Å². The molecule has 2 aliphatic heterocycles. The molecule has 2 aromatic heterocycles. The summed E-state index contributed by atoms with van der Waals surface area (Å²) in [5, 5.41) is 54.7. The normalized spacial score (nSPS) is 17.3. The van der Waals surface area contributed by atoms with Gasteiger partial charge < -0.3 is 51.9 Å². The third-order valence-corrected chi connectivity index (χ3v) is 12.0. The summed E-state index contributed by atoms with van der Waals surface area (Å²) >= 11 is 0. The summed E-state index contributed by atoms with van der Waals surface area (Å²) in [5.41, 5.74) is 1.06. The van der Waals surface area contributed by atoms with Gasteiger partial charge in [0.05, 0.1) is 71.9 Å².